The summed E-state index contributed by atoms with van der Waals surface area (Å²) in [5.74, 6) is -1.30. The zero-order valence-electron chi connectivity index (χ0n) is 9.80. The average Bonchev–Trinajstić information content (AvgIpc) is 2.95. The molecule has 7 heteroatoms. The molecule has 0 radical (unpaired) electrons. The van der Waals surface area contributed by atoms with Gasteiger partial charge >= 0.3 is 5.97 Å². The van der Waals surface area contributed by atoms with Crippen molar-refractivity contribution in [2.24, 2.45) is 0 Å². The first-order valence-corrected chi connectivity index (χ1v) is 6.65. The Morgan fingerprint density at radius 1 is 1.37 bits per heavy atom. The summed E-state index contributed by atoms with van der Waals surface area (Å²) < 4.78 is 2.06. The van der Waals surface area contributed by atoms with E-state index < -0.39 is 5.97 Å². The van der Waals surface area contributed by atoms with Crippen LogP contribution >= 0.6 is 22.9 Å². The molecule has 0 aliphatic heterocycles. The van der Waals surface area contributed by atoms with Crippen molar-refractivity contribution in [1.29, 1.82) is 0 Å². The molecule has 0 saturated heterocycles. The number of aromatic carboxylic acids is 1. The van der Waals surface area contributed by atoms with Crippen molar-refractivity contribution in [2.75, 3.05) is 0 Å². The number of carbonyl (C=O) groups excluding carboxylic acids is 1. The summed E-state index contributed by atoms with van der Waals surface area (Å²) in [5.41, 5.74) is 0.0920. The van der Waals surface area contributed by atoms with E-state index in [-0.39, 0.29) is 18.1 Å². The van der Waals surface area contributed by atoms with Crippen LogP contribution in [0.5, 0.6) is 0 Å². The zero-order chi connectivity index (χ0) is 13.8. The van der Waals surface area contributed by atoms with Crippen molar-refractivity contribution >= 4 is 34.8 Å². The van der Waals surface area contributed by atoms with E-state index >= 15 is 0 Å². The van der Waals surface area contributed by atoms with E-state index in [0.29, 0.717) is 10.9 Å². The fourth-order valence-corrected chi connectivity index (χ4v) is 2.62. The van der Waals surface area contributed by atoms with Gasteiger partial charge in [0.15, 0.2) is 0 Å². The number of carboxylic acid groups (broad SMARTS) is 1. The van der Waals surface area contributed by atoms with Crippen LogP contribution in [-0.2, 0) is 17.9 Å². The van der Waals surface area contributed by atoms with Gasteiger partial charge in [0.25, 0.3) is 0 Å². The smallest absolute Gasteiger partial charge is 0.352 e. The number of hydrogen-bond donors (Lipinski definition) is 2. The normalized spacial score (nSPS) is 10.4. The Kier molecular flexibility index (Phi) is 4.24. The number of nitrogens with zero attached hydrogens (tertiary/aromatic N) is 1. The van der Waals surface area contributed by atoms with Crippen LogP contribution in [0.1, 0.15) is 15.4 Å². The quantitative estimate of drug-likeness (QED) is 0.889. The summed E-state index contributed by atoms with van der Waals surface area (Å²) >= 11 is 7.18. The molecule has 2 heterocycles. The van der Waals surface area contributed by atoms with Crippen LogP contribution in [0.3, 0.4) is 0 Å². The van der Waals surface area contributed by atoms with E-state index in [1.165, 1.54) is 22.0 Å². The van der Waals surface area contributed by atoms with Crippen molar-refractivity contribution in [2.45, 2.75) is 13.1 Å². The number of thiophene rings is 1. The maximum Gasteiger partial charge on any atom is 0.352 e. The highest BCUT2D eigenvalue weighted by atomic mass is 35.5. The standard InChI is InChI=1S/C12H11ClN2O3S/c13-10-4-3-8(19-10)6-14-11(16)7-15-5-1-2-9(15)12(17)18/h1-5H,6-7H2,(H,14,16)(H,17,18). The molecular weight excluding hydrogens is 288 g/mol. The Hall–Kier alpha value is -1.79. The predicted molar refractivity (Wildman–Crippen MR) is 72.6 cm³/mol. The summed E-state index contributed by atoms with van der Waals surface area (Å²) in [7, 11) is 0. The zero-order valence-corrected chi connectivity index (χ0v) is 11.4. The summed E-state index contributed by atoms with van der Waals surface area (Å²) in [6.07, 6.45) is 1.56. The third-order valence-corrected chi connectivity index (χ3v) is 3.68. The minimum atomic E-state index is -1.05. The molecule has 0 aliphatic rings. The van der Waals surface area contributed by atoms with Crippen molar-refractivity contribution < 1.29 is 14.7 Å². The highest BCUT2D eigenvalue weighted by molar-refractivity contribution is 7.16. The van der Waals surface area contributed by atoms with Gasteiger partial charge in [-0.25, -0.2) is 4.79 Å². The van der Waals surface area contributed by atoms with Crippen LogP contribution in [0.25, 0.3) is 0 Å². The van der Waals surface area contributed by atoms with Gasteiger partial charge in [0, 0.05) is 11.1 Å². The Labute approximate surface area is 118 Å². The topological polar surface area (TPSA) is 71.3 Å². The van der Waals surface area contributed by atoms with Gasteiger partial charge in [-0.2, -0.15) is 0 Å². The number of carboxylic acids is 1. The molecule has 0 saturated carbocycles. The minimum absolute atomic E-state index is 0.0201. The molecule has 0 atom stereocenters. The van der Waals surface area contributed by atoms with Crippen molar-refractivity contribution in [3.05, 3.63) is 45.4 Å². The fourth-order valence-electron chi connectivity index (χ4n) is 1.59. The minimum Gasteiger partial charge on any atom is -0.477 e. The molecule has 0 fully saturated rings. The van der Waals surface area contributed by atoms with Gasteiger partial charge in [0.2, 0.25) is 5.91 Å². The lowest BCUT2D eigenvalue weighted by atomic mass is 10.4. The monoisotopic (exact) mass is 298 g/mol. The second kappa shape index (κ2) is 5.90. The van der Waals surface area contributed by atoms with E-state index in [1.807, 2.05) is 6.07 Å². The van der Waals surface area contributed by atoms with Gasteiger partial charge in [0.1, 0.15) is 12.2 Å². The first-order chi connectivity index (χ1) is 9.06. The van der Waals surface area contributed by atoms with Crippen molar-refractivity contribution in [1.82, 2.24) is 9.88 Å². The highest BCUT2D eigenvalue weighted by Crippen LogP contribution is 2.20. The number of hydrogen-bond acceptors (Lipinski definition) is 3. The molecule has 2 N–H and O–H groups in total. The molecule has 0 aliphatic carbocycles. The van der Waals surface area contributed by atoms with Gasteiger partial charge in [-0.3, -0.25) is 4.79 Å². The highest BCUT2D eigenvalue weighted by Gasteiger charge is 2.11. The Morgan fingerprint density at radius 2 is 2.16 bits per heavy atom. The van der Waals surface area contributed by atoms with Crippen LogP contribution in [0, 0.1) is 0 Å². The lowest BCUT2D eigenvalue weighted by Gasteiger charge is -2.06. The third-order valence-electron chi connectivity index (χ3n) is 2.45. The number of rotatable bonds is 5. The Morgan fingerprint density at radius 3 is 2.79 bits per heavy atom. The van der Waals surface area contributed by atoms with Crippen molar-refractivity contribution in [3.8, 4) is 0 Å². The molecule has 5 nitrogen and oxygen atoms in total. The lowest BCUT2D eigenvalue weighted by Crippen LogP contribution is -2.27. The molecule has 0 spiro atoms. The fraction of sp³-hybridized carbons (Fsp3) is 0.167. The van der Waals surface area contributed by atoms with E-state index in [1.54, 1.807) is 18.3 Å². The molecule has 0 aromatic carbocycles. The van der Waals surface area contributed by atoms with Crippen LogP contribution in [-0.4, -0.2) is 21.6 Å². The van der Waals surface area contributed by atoms with Crippen LogP contribution < -0.4 is 5.32 Å². The molecule has 0 unspecified atom stereocenters. The van der Waals surface area contributed by atoms with E-state index in [0.717, 1.165) is 4.88 Å². The third kappa shape index (κ3) is 3.59. The number of nitrogens with one attached hydrogen (secondary N) is 1. The maximum atomic E-state index is 11.7. The molecule has 2 aromatic rings. The van der Waals surface area contributed by atoms with Crippen LogP contribution in [0.2, 0.25) is 4.34 Å². The average molecular weight is 299 g/mol. The van der Waals surface area contributed by atoms with E-state index in [4.69, 9.17) is 16.7 Å². The van der Waals surface area contributed by atoms with E-state index in [9.17, 15) is 9.59 Å². The Balaban J connectivity index is 1.90. The summed E-state index contributed by atoms with van der Waals surface area (Å²) in [4.78, 5) is 23.5. The Bertz CT molecular complexity index is 606. The number of amides is 1. The summed E-state index contributed by atoms with van der Waals surface area (Å²) in [6, 6.07) is 6.65. The first kappa shape index (κ1) is 13.6. The van der Waals surface area contributed by atoms with Gasteiger partial charge in [0.05, 0.1) is 10.9 Å². The van der Waals surface area contributed by atoms with Crippen LogP contribution in [0.4, 0.5) is 0 Å². The van der Waals surface area contributed by atoms with Crippen molar-refractivity contribution in [3.63, 3.8) is 0 Å². The number of carbonyl (C=O) groups is 2. The predicted octanol–water partition coefficient (Wildman–Crippen LogP) is 2.22. The van der Waals surface area contributed by atoms with Gasteiger partial charge in [-0.05, 0) is 24.3 Å². The number of halogens is 1. The molecule has 100 valence electrons. The maximum absolute atomic E-state index is 11.7. The SMILES string of the molecule is O=C(Cn1cccc1C(=O)O)NCc1ccc(Cl)s1. The molecule has 2 rings (SSSR count). The summed E-state index contributed by atoms with van der Waals surface area (Å²) in [6.45, 7) is 0.369. The molecule has 19 heavy (non-hydrogen) atoms. The molecular formula is C12H11ClN2O3S. The van der Waals surface area contributed by atoms with Gasteiger partial charge in [-0.1, -0.05) is 11.6 Å². The largest absolute Gasteiger partial charge is 0.477 e. The van der Waals surface area contributed by atoms with E-state index in [2.05, 4.69) is 5.32 Å². The second-order valence-corrected chi connectivity index (χ2v) is 5.61. The molecule has 0 bridgehead atoms. The number of aromatic nitrogens is 1. The lowest BCUT2D eigenvalue weighted by molar-refractivity contribution is -0.121. The van der Waals surface area contributed by atoms with Gasteiger partial charge < -0.3 is 15.0 Å². The first-order valence-electron chi connectivity index (χ1n) is 5.45. The van der Waals surface area contributed by atoms with Gasteiger partial charge in [-0.15, -0.1) is 11.3 Å². The molecule has 1 amide bonds. The van der Waals surface area contributed by atoms with Crippen LogP contribution in [0.15, 0.2) is 30.5 Å². The molecule has 2 aromatic heterocycles. The summed E-state index contributed by atoms with van der Waals surface area (Å²) in [5, 5.41) is 11.6. The second-order valence-electron chi connectivity index (χ2n) is 3.81.